The van der Waals surface area contributed by atoms with Crippen molar-refractivity contribution in [2.75, 3.05) is 19.6 Å². The zero-order chi connectivity index (χ0) is 14.7. The molecule has 0 spiro atoms. The van der Waals surface area contributed by atoms with E-state index in [1.165, 1.54) is 6.07 Å². The third kappa shape index (κ3) is 3.08. The minimum absolute atomic E-state index is 0.106. The summed E-state index contributed by atoms with van der Waals surface area (Å²) in [6, 6.07) is 3.18. The van der Waals surface area contributed by atoms with Crippen LogP contribution in [0.3, 0.4) is 0 Å². The number of aryl methyl sites for hydroxylation is 1. The number of imidazole rings is 1. The summed E-state index contributed by atoms with van der Waals surface area (Å²) in [6.07, 6.45) is 1.47. The summed E-state index contributed by atoms with van der Waals surface area (Å²) in [5.41, 5.74) is 1.44. The van der Waals surface area contributed by atoms with Crippen molar-refractivity contribution in [2.24, 2.45) is 0 Å². The highest BCUT2D eigenvalue weighted by Gasteiger charge is 2.17. The second-order valence-electron chi connectivity index (χ2n) is 4.72. The van der Waals surface area contributed by atoms with E-state index in [2.05, 4.69) is 16.5 Å². The van der Waals surface area contributed by atoms with E-state index in [9.17, 15) is 4.39 Å². The molecule has 3 nitrogen and oxygen atoms in total. The number of rotatable bonds is 6. The van der Waals surface area contributed by atoms with Crippen LogP contribution in [0.5, 0.6) is 0 Å². The number of fused-ring (bicyclic) bond motifs is 1. The zero-order valence-electron chi connectivity index (χ0n) is 11.5. The second kappa shape index (κ2) is 6.74. The number of aromatic nitrogens is 2. The lowest BCUT2D eigenvalue weighted by Gasteiger charge is -2.17. The van der Waals surface area contributed by atoms with Gasteiger partial charge < -0.3 is 9.30 Å². The molecular weight excluding hydrogens is 302 g/mol. The lowest BCUT2D eigenvalue weighted by molar-refractivity contribution is 0.181. The fraction of sp³-hybridized carbons (Fsp3) is 0.500. The quantitative estimate of drug-likeness (QED) is 0.746. The van der Waals surface area contributed by atoms with Crippen LogP contribution in [0.4, 0.5) is 4.39 Å². The third-order valence-electron chi connectivity index (χ3n) is 3.30. The second-order valence-corrected chi connectivity index (χ2v) is 5.51. The van der Waals surface area contributed by atoms with Crippen LogP contribution >= 0.6 is 23.2 Å². The van der Waals surface area contributed by atoms with Crippen LogP contribution in [-0.2, 0) is 11.2 Å². The Labute approximate surface area is 127 Å². The monoisotopic (exact) mass is 318 g/mol. The van der Waals surface area contributed by atoms with Crippen molar-refractivity contribution in [2.45, 2.75) is 25.8 Å². The molecule has 0 aliphatic heterocycles. The number of hydrogen-bond donors (Lipinski definition) is 0. The molecule has 0 bridgehead atoms. The average Bonchev–Trinajstić information content (AvgIpc) is 2.74. The highest BCUT2D eigenvalue weighted by Crippen LogP contribution is 2.28. The minimum atomic E-state index is -0.453. The first-order valence-electron chi connectivity index (χ1n) is 6.49. The van der Waals surface area contributed by atoms with Gasteiger partial charge in [0.15, 0.2) is 0 Å². The maximum absolute atomic E-state index is 13.6. The van der Waals surface area contributed by atoms with Crippen LogP contribution in [0.2, 0.25) is 5.02 Å². The van der Waals surface area contributed by atoms with Gasteiger partial charge in [0.2, 0.25) is 0 Å². The highest BCUT2D eigenvalue weighted by molar-refractivity contribution is 6.31. The normalized spacial score (nSPS) is 13.1. The Balaban J connectivity index is 2.52. The number of halogens is 3. The van der Waals surface area contributed by atoms with Crippen LogP contribution in [-0.4, -0.2) is 29.1 Å². The molecule has 0 aliphatic carbocycles. The molecule has 1 aromatic heterocycles. The SMILES string of the molecule is COCCC(C)n1c(CCCl)nc2cc(F)c(Cl)cc21. The van der Waals surface area contributed by atoms with Gasteiger partial charge in [-0.3, -0.25) is 0 Å². The lowest BCUT2D eigenvalue weighted by atomic mass is 10.2. The van der Waals surface area contributed by atoms with Crippen molar-refractivity contribution in [3.8, 4) is 0 Å². The Kier molecular flexibility index (Phi) is 5.24. The van der Waals surface area contributed by atoms with Gasteiger partial charge in [-0.2, -0.15) is 0 Å². The number of alkyl halides is 1. The molecule has 110 valence electrons. The van der Waals surface area contributed by atoms with E-state index in [0.717, 1.165) is 17.8 Å². The Hall–Kier alpha value is -0.840. The summed E-state index contributed by atoms with van der Waals surface area (Å²) < 4.78 is 20.7. The number of ether oxygens (including phenoxy) is 1. The van der Waals surface area contributed by atoms with Crippen molar-refractivity contribution in [3.63, 3.8) is 0 Å². The first kappa shape index (κ1) is 15.5. The maximum atomic E-state index is 13.6. The van der Waals surface area contributed by atoms with Gasteiger partial charge in [0, 0.05) is 38.1 Å². The Morgan fingerprint density at radius 3 is 2.85 bits per heavy atom. The van der Waals surface area contributed by atoms with Gasteiger partial charge >= 0.3 is 0 Å². The van der Waals surface area contributed by atoms with Crippen molar-refractivity contribution in [1.82, 2.24) is 9.55 Å². The van der Waals surface area contributed by atoms with Crippen LogP contribution in [0.25, 0.3) is 11.0 Å². The van der Waals surface area contributed by atoms with Crippen LogP contribution in [0, 0.1) is 5.82 Å². The summed E-state index contributed by atoms with van der Waals surface area (Å²) in [4.78, 5) is 4.47. The van der Waals surface area contributed by atoms with Gasteiger partial charge in [0.05, 0.1) is 16.1 Å². The van der Waals surface area contributed by atoms with Crippen molar-refractivity contribution in [1.29, 1.82) is 0 Å². The molecule has 20 heavy (non-hydrogen) atoms. The molecule has 1 aromatic carbocycles. The van der Waals surface area contributed by atoms with Gasteiger partial charge in [0.1, 0.15) is 11.6 Å². The summed E-state index contributed by atoms with van der Waals surface area (Å²) in [6.45, 7) is 2.73. The summed E-state index contributed by atoms with van der Waals surface area (Å²) in [7, 11) is 1.67. The van der Waals surface area contributed by atoms with Crippen molar-refractivity contribution >= 4 is 34.2 Å². The van der Waals surface area contributed by atoms with Crippen LogP contribution < -0.4 is 0 Å². The van der Waals surface area contributed by atoms with E-state index in [-0.39, 0.29) is 11.1 Å². The molecule has 0 aliphatic rings. The average molecular weight is 319 g/mol. The van der Waals surface area contributed by atoms with E-state index in [1.807, 2.05) is 0 Å². The minimum Gasteiger partial charge on any atom is -0.385 e. The maximum Gasteiger partial charge on any atom is 0.144 e. The van der Waals surface area contributed by atoms with E-state index in [4.69, 9.17) is 27.9 Å². The summed E-state index contributed by atoms with van der Waals surface area (Å²) in [5, 5.41) is 0.106. The summed E-state index contributed by atoms with van der Waals surface area (Å²) >= 11 is 11.7. The van der Waals surface area contributed by atoms with Gasteiger partial charge in [-0.25, -0.2) is 9.37 Å². The third-order valence-corrected chi connectivity index (χ3v) is 3.78. The lowest BCUT2D eigenvalue weighted by Crippen LogP contribution is -2.12. The molecule has 2 rings (SSSR count). The van der Waals surface area contributed by atoms with Crippen molar-refractivity contribution < 1.29 is 9.13 Å². The molecule has 0 fully saturated rings. The smallest absolute Gasteiger partial charge is 0.144 e. The number of benzene rings is 1. The van der Waals surface area contributed by atoms with Gasteiger partial charge in [-0.15, -0.1) is 11.6 Å². The molecular formula is C14H17Cl2FN2O. The predicted octanol–water partition coefficient (Wildman–Crippen LogP) is 4.21. The van der Waals surface area contributed by atoms with E-state index in [0.29, 0.717) is 24.4 Å². The molecule has 1 atom stereocenters. The molecule has 1 heterocycles. The first-order chi connectivity index (χ1) is 9.58. The standard InChI is InChI=1S/C14H17Cl2FN2O/c1-9(4-6-20-2)19-13-7-10(16)11(17)8-12(13)18-14(19)3-5-15/h7-9H,3-6H2,1-2H3. The topological polar surface area (TPSA) is 27.1 Å². The molecule has 0 saturated carbocycles. The zero-order valence-corrected chi connectivity index (χ0v) is 13.0. The van der Waals surface area contributed by atoms with Gasteiger partial charge in [-0.05, 0) is 19.4 Å². The molecule has 1 unspecified atom stereocenters. The Morgan fingerprint density at radius 2 is 2.20 bits per heavy atom. The number of methoxy groups -OCH3 is 1. The highest BCUT2D eigenvalue weighted by atomic mass is 35.5. The van der Waals surface area contributed by atoms with Crippen LogP contribution in [0.15, 0.2) is 12.1 Å². The Bertz CT molecular complexity index is 600. The number of hydrogen-bond acceptors (Lipinski definition) is 2. The fourth-order valence-corrected chi connectivity index (χ4v) is 2.64. The fourth-order valence-electron chi connectivity index (χ4n) is 2.31. The van der Waals surface area contributed by atoms with Gasteiger partial charge in [0.25, 0.3) is 0 Å². The first-order valence-corrected chi connectivity index (χ1v) is 7.40. The van der Waals surface area contributed by atoms with E-state index in [1.54, 1.807) is 13.2 Å². The molecule has 0 amide bonds. The number of nitrogens with zero attached hydrogens (tertiary/aromatic N) is 2. The molecule has 0 saturated heterocycles. The molecule has 2 aromatic rings. The van der Waals surface area contributed by atoms with Crippen LogP contribution in [0.1, 0.15) is 25.2 Å². The Morgan fingerprint density at radius 1 is 1.45 bits per heavy atom. The van der Waals surface area contributed by atoms with E-state index < -0.39 is 5.82 Å². The van der Waals surface area contributed by atoms with Gasteiger partial charge in [-0.1, -0.05) is 11.6 Å². The molecule has 0 radical (unpaired) electrons. The predicted molar refractivity (Wildman–Crippen MR) is 80.3 cm³/mol. The van der Waals surface area contributed by atoms with Crippen molar-refractivity contribution in [3.05, 3.63) is 28.8 Å². The summed E-state index contributed by atoms with van der Waals surface area (Å²) in [5.74, 6) is 0.863. The van der Waals surface area contributed by atoms with E-state index >= 15 is 0 Å². The molecule has 6 heteroatoms. The largest absolute Gasteiger partial charge is 0.385 e. The molecule has 0 N–H and O–H groups in total.